The molecule has 18 heavy (non-hydrogen) atoms. The van der Waals surface area contributed by atoms with Gasteiger partial charge in [0.25, 0.3) is 0 Å². The highest BCUT2D eigenvalue weighted by atomic mass is 16.1. The Balaban J connectivity index is 2.86. The van der Waals surface area contributed by atoms with Crippen molar-refractivity contribution in [2.45, 2.75) is 39.2 Å². The Labute approximate surface area is 110 Å². The standard InChI is InChI=1S/C15H24N2O/c1-4-15(14(16)18,17-11-12(2)3)10-13-8-6-5-7-9-13/h5-9,12,17H,4,10-11H2,1-3H3,(H2,16,18). The fourth-order valence-electron chi connectivity index (χ4n) is 2.00. The molecule has 3 nitrogen and oxygen atoms in total. The molecule has 0 heterocycles. The summed E-state index contributed by atoms with van der Waals surface area (Å²) in [5.74, 6) is 0.223. The van der Waals surface area contributed by atoms with Crippen molar-refractivity contribution in [3.05, 3.63) is 35.9 Å². The number of hydrogen-bond acceptors (Lipinski definition) is 2. The van der Waals surface area contributed by atoms with Crippen LogP contribution in [0.15, 0.2) is 30.3 Å². The molecular formula is C15H24N2O. The van der Waals surface area contributed by atoms with Crippen LogP contribution in [0.4, 0.5) is 0 Å². The Morgan fingerprint density at radius 2 is 1.94 bits per heavy atom. The summed E-state index contributed by atoms with van der Waals surface area (Å²) in [7, 11) is 0. The van der Waals surface area contributed by atoms with Crippen LogP contribution in [-0.2, 0) is 11.2 Å². The lowest BCUT2D eigenvalue weighted by atomic mass is 9.87. The van der Waals surface area contributed by atoms with Crippen LogP contribution in [0.2, 0.25) is 0 Å². The van der Waals surface area contributed by atoms with E-state index in [1.54, 1.807) is 0 Å². The second kappa shape index (κ2) is 6.55. The van der Waals surface area contributed by atoms with Crippen LogP contribution in [0.5, 0.6) is 0 Å². The van der Waals surface area contributed by atoms with Crippen LogP contribution in [0.3, 0.4) is 0 Å². The normalized spacial score (nSPS) is 14.4. The zero-order valence-electron chi connectivity index (χ0n) is 11.6. The maximum atomic E-state index is 11.8. The molecule has 100 valence electrons. The summed E-state index contributed by atoms with van der Waals surface area (Å²) in [6.45, 7) is 7.04. The lowest BCUT2D eigenvalue weighted by molar-refractivity contribution is -0.124. The van der Waals surface area contributed by atoms with Crippen molar-refractivity contribution >= 4 is 5.91 Å². The van der Waals surface area contributed by atoms with E-state index in [0.717, 1.165) is 12.1 Å². The van der Waals surface area contributed by atoms with E-state index in [4.69, 9.17) is 5.73 Å². The van der Waals surface area contributed by atoms with Gasteiger partial charge in [0.1, 0.15) is 5.54 Å². The number of rotatable bonds is 7. The number of amides is 1. The van der Waals surface area contributed by atoms with Crippen LogP contribution < -0.4 is 11.1 Å². The summed E-state index contributed by atoms with van der Waals surface area (Å²) >= 11 is 0. The molecule has 0 aliphatic rings. The molecule has 1 aromatic rings. The molecule has 3 heteroatoms. The van der Waals surface area contributed by atoms with Gasteiger partial charge in [0.15, 0.2) is 0 Å². The fourth-order valence-corrected chi connectivity index (χ4v) is 2.00. The molecule has 1 aromatic carbocycles. The van der Waals surface area contributed by atoms with E-state index in [0.29, 0.717) is 18.8 Å². The number of hydrogen-bond donors (Lipinski definition) is 2. The van der Waals surface area contributed by atoms with Gasteiger partial charge < -0.3 is 11.1 Å². The van der Waals surface area contributed by atoms with Crippen molar-refractivity contribution in [3.63, 3.8) is 0 Å². The fraction of sp³-hybridized carbons (Fsp3) is 0.533. The van der Waals surface area contributed by atoms with Crippen LogP contribution >= 0.6 is 0 Å². The highest BCUT2D eigenvalue weighted by Gasteiger charge is 2.34. The Kier molecular flexibility index (Phi) is 5.35. The average molecular weight is 248 g/mol. The molecule has 0 spiro atoms. The first kappa shape index (κ1) is 14.7. The van der Waals surface area contributed by atoms with Gasteiger partial charge in [-0.05, 0) is 30.9 Å². The van der Waals surface area contributed by atoms with Gasteiger partial charge in [-0.15, -0.1) is 0 Å². The average Bonchev–Trinajstić information content (AvgIpc) is 2.35. The number of nitrogens with one attached hydrogen (secondary N) is 1. The third-order valence-corrected chi connectivity index (χ3v) is 3.27. The van der Waals surface area contributed by atoms with E-state index in [1.807, 2.05) is 37.3 Å². The first-order valence-electron chi connectivity index (χ1n) is 6.59. The maximum absolute atomic E-state index is 11.8. The molecule has 0 saturated carbocycles. The van der Waals surface area contributed by atoms with E-state index >= 15 is 0 Å². The second-order valence-corrected chi connectivity index (χ2v) is 5.24. The van der Waals surface area contributed by atoms with Crippen molar-refractivity contribution in [1.29, 1.82) is 0 Å². The van der Waals surface area contributed by atoms with Crippen LogP contribution in [0, 0.1) is 5.92 Å². The maximum Gasteiger partial charge on any atom is 0.238 e. The van der Waals surface area contributed by atoms with Crippen molar-refractivity contribution < 1.29 is 4.79 Å². The quantitative estimate of drug-likeness (QED) is 0.776. The molecular weight excluding hydrogens is 224 g/mol. The number of nitrogens with two attached hydrogens (primary N) is 1. The molecule has 0 aliphatic carbocycles. The van der Waals surface area contributed by atoms with Gasteiger partial charge in [-0.2, -0.15) is 0 Å². The van der Waals surface area contributed by atoms with Gasteiger partial charge >= 0.3 is 0 Å². The van der Waals surface area contributed by atoms with E-state index in [1.165, 1.54) is 0 Å². The third kappa shape index (κ3) is 3.84. The van der Waals surface area contributed by atoms with Crippen molar-refractivity contribution in [1.82, 2.24) is 5.32 Å². The molecule has 0 saturated heterocycles. The molecule has 0 fully saturated rings. The van der Waals surface area contributed by atoms with Gasteiger partial charge in [0, 0.05) is 0 Å². The van der Waals surface area contributed by atoms with Crippen molar-refractivity contribution in [2.24, 2.45) is 11.7 Å². The molecule has 0 bridgehead atoms. The van der Waals surface area contributed by atoms with Gasteiger partial charge in [0.2, 0.25) is 5.91 Å². The highest BCUT2D eigenvalue weighted by Crippen LogP contribution is 2.18. The monoisotopic (exact) mass is 248 g/mol. The molecule has 1 atom stereocenters. The summed E-state index contributed by atoms with van der Waals surface area (Å²) in [4.78, 5) is 11.8. The number of carbonyl (C=O) groups excluding carboxylic acids is 1. The summed E-state index contributed by atoms with van der Waals surface area (Å²) < 4.78 is 0. The minimum absolute atomic E-state index is 0.269. The Hall–Kier alpha value is -1.35. The summed E-state index contributed by atoms with van der Waals surface area (Å²) in [6.07, 6.45) is 1.34. The van der Waals surface area contributed by atoms with Gasteiger partial charge in [-0.25, -0.2) is 0 Å². The first-order valence-corrected chi connectivity index (χ1v) is 6.59. The molecule has 0 radical (unpaired) electrons. The van der Waals surface area contributed by atoms with Crippen LogP contribution in [0.25, 0.3) is 0 Å². The summed E-state index contributed by atoms with van der Waals surface area (Å²) in [5.41, 5.74) is 6.12. The van der Waals surface area contributed by atoms with E-state index in [9.17, 15) is 4.79 Å². The number of primary amides is 1. The minimum atomic E-state index is -0.633. The SMILES string of the molecule is CCC(Cc1ccccc1)(NCC(C)C)C(N)=O. The summed E-state index contributed by atoms with van der Waals surface area (Å²) in [6, 6.07) is 10.0. The smallest absolute Gasteiger partial charge is 0.238 e. The van der Waals surface area contributed by atoms with Crippen molar-refractivity contribution in [2.75, 3.05) is 6.54 Å². The zero-order chi connectivity index (χ0) is 13.6. The Morgan fingerprint density at radius 3 is 2.39 bits per heavy atom. The summed E-state index contributed by atoms with van der Waals surface area (Å²) in [5, 5.41) is 3.36. The van der Waals surface area contributed by atoms with Gasteiger partial charge in [-0.3, -0.25) is 4.79 Å². The number of benzene rings is 1. The van der Waals surface area contributed by atoms with E-state index in [2.05, 4.69) is 19.2 Å². The number of carbonyl (C=O) groups is 1. The van der Waals surface area contributed by atoms with E-state index in [-0.39, 0.29) is 5.91 Å². The Bertz CT molecular complexity index is 375. The van der Waals surface area contributed by atoms with Gasteiger partial charge in [0.05, 0.1) is 0 Å². The molecule has 1 amide bonds. The predicted molar refractivity (Wildman–Crippen MR) is 75.2 cm³/mol. The highest BCUT2D eigenvalue weighted by molar-refractivity contribution is 5.85. The zero-order valence-corrected chi connectivity index (χ0v) is 11.6. The minimum Gasteiger partial charge on any atom is -0.368 e. The van der Waals surface area contributed by atoms with Crippen molar-refractivity contribution in [3.8, 4) is 0 Å². The Morgan fingerprint density at radius 1 is 1.33 bits per heavy atom. The van der Waals surface area contributed by atoms with E-state index < -0.39 is 5.54 Å². The third-order valence-electron chi connectivity index (χ3n) is 3.27. The lowest BCUT2D eigenvalue weighted by Gasteiger charge is -2.32. The molecule has 0 aromatic heterocycles. The molecule has 1 unspecified atom stereocenters. The topological polar surface area (TPSA) is 55.1 Å². The lowest BCUT2D eigenvalue weighted by Crippen LogP contribution is -2.57. The second-order valence-electron chi connectivity index (χ2n) is 5.24. The van der Waals surface area contributed by atoms with Gasteiger partial charge in [-0.1, -0.05) is 51.1 Å². The largest absolute Gasteiger partial charge is 0.368 e. The predicted octanol–water partition coefficient (Wildman–Crippen LogP) is 2.11. The first-order chi connectivity index (χ1) is 8.50. The van der Waals surface area contributed by atoms with Crippen LogP contribution in [0.1, 0.15) is 32.8 Å². The molecule has 0 aliphatic heterocycles. The molecule has 3 N–H and O–H groups in total. The molecule has 1 rings (SSSR count). The van der Waals surface area contributed by atoms with Crippen LogP contribution in [-0.4, -0.2) is 18.0 Å².